The summed E-state index contributed by atoms with van der Waals surface area (Å²) in [5.74, 6) is 1.47. The van der Waals surface area contributed by atoms with Gasteiger partial charge in [-0.1, -0.05) is 53.7 Å². The Balaban J connectivity index is 2.58. The highest BCUT2D eigenvalue weighted by Gasteiger charge is 2.26. The van der Waals surface area contributed by atoms with Gasteiger partial charge in [-0.2, -0.15) is 0 Å². The van der Waals surface area contributed by atoms with Gasteiger partial charge in [-0.15, -0.1) is 0 Å². The van der Waals surface area contributed by atoms with Gasteiger partial charge in [-0.25, -0.2) is 4.98 Å². The zero-order valence-electron chi connectivity index (χ0n) is 14.9. The zero-order valence-corrected chi connectivity index (χ0v) is 14.9. The van der Waals surface area contributed by atoms with E-state index >= 15 is 0 Å². The monoisotopic (exact) mass is 300 g/mol. The molecule has 1 heterocycles. The fourth-order valence-electron chi connectivity index (χ4n) is 2.69. The van der Waals surface area contributed by atoms with E-state index in [1.54, 1.807) is 0 Å². The maximum absolute atomic E-state index is 10.7. The minimum absolute atomic E-state index is 0.0955. The summed E-state index contributed by atoms with van der Waals surface area (Å²) in [5.41, 5.74) is 3.01. The van der Waals surface area contributed by atoms with Crippen molar-refractivity contribution in [2.75, 3.05) is 0 Å². The molecule has 0 saturated carbocycles. The van der Waals surface area contributed by atoms with Crippen molar-refractivity contribution >= 4 is 0 Å². The highest BCUT2D eigenvalue weighted by molar-refractivity contribution is 5.50. The average Bonchev–Trinajstić information content (AvgIpc) is 2.74. The maximum Gasteiger partial charge on any atom is 0.123 e. The summed E-state index contributed by atoms with van der Waals surface area (Å²) in [6.07, 6.45) is 4.56. The molecule has 0 amide bonds. The molecular weight excluding hydrogens is 272 g/mol. The van der Waals surface area contributed by atoms with Crippen LogP contribution in [0.5, 0.6) is 5.75 Å². The van der Waals surface area contributed by atoms with Crippen molar-refractivity contribution in [3.63, 3.8) is 0 Å². The first-order chi connectivity index (χ1) is 10.00. The van der Waals surface area contributed by atoms with E-state index in [0.29, 0.717) is 5.75 Å². The Labute approximate surface area is 134 Å². The molecule has 0 spiro atoms. The standard InChI is InChI=1S/C19H28N2O/c1-18(2,3)14-10-13(12-16-20-8-9-21(16)7)11-15(17(14)22)19(4,5)6/h8-11,22H,12H2,1-7H3. The number of imidazole rings is 1. The molecule has 0 unspecified atom stereocenters. The Morgan fingerprint density at radius 1 is 1.00 bits per heavy atom. The first-order valence-electron chi connectivity index (χ1n) is 7.83. The predicted octanol–water partition coefficient (Wildman–Crippen LogP) is 4.31. The fraction of sp³-hybridized carbons (Fsp3) is 0.526. The predicted molar refractivity (Wildman–Crippen MR) is 91.5 cm³/mol. The van der Waals surface area contributed by atoms with Crippen molar-refractivity contribution in [3.05, 3.63) is 47.0 Å². The van der Waals surface area contributed by atoms with Crippen LogP contribution in [0.25, 0.3) is 0 Å². The van der Waals surface area contributed by atoms with Crippen LogP contribution in [0.3, 0.4) is 0 Å². The smallest absolute Gasteiger partial charge is 0.123 e. The summed E-state index contributed by atoms with van der Waals surface area (Å²) < 4.78 is 2.04. The van der Waals surface area contributed by atoms with E-state index in [-0.39, 0.29) is 10.8 Å². The van der Waals surface area contributed by atoms with Crippen LogP contribution in [-0.4, -0.2) is 14.7 Å². The van der Waals surface area contributed by atoms with Gasteiger partial charge in [0.1, 0.15) is 11.6 Å². The summed E-state index contributed by atoms with van der Waals surface area (Å²) in [7, 11) is 2.01. The van der Waals surface area contributed by atoms with E-state index in [1.165, 1.54) is 5.56 Å². The SMILES string of the molecule is Cn1ccnc1Cc1cc(C(C)(C)C)c(O)c(C(C)(C)C)c1. The number of rotatable bonds is 2. The number of phenols is 1. The van der Waals surface area contributed by atoms with Gasteiger partial charge in [-0.3, -0.25) is 0 Å². The van der Waals surface area contributed by atoms with Crippen LogP contribution in [0, 0.1) is 0 Å². The molecule has 2 aromatic rings. The van der Waals surface area contributed by atoms with Crippen molar-refractivity contribution in [2.45, 2.75) is 58.8 Å². The molecule has 0 aliphatic carbocycles. The van der Waals surface area contributed by atoms with Crippen LogP contribution in [0.15, 0.2) is 24.5 Å². The molecule has 120 valence electrons. The molecule has 3 heteroatoms. The van der Waals surface area contributed by atoms with Crippen molar-refractivity contribution in [1.29, 1.82) is 0 Å². The van der Waals surface area contributed by atoms with Crippen molar-refractivity contribution in [3.8, 4) is 5.75 Å². The third-order valence-electron chi connectivity index (χ3n) is 4.07. The summed E-state index contributed by atoms with van der Waals surface area (Å²) in [4.78, 5) is 4.42. The third kappa shape index (κ3) is 3.34. The van der Waals surface area contributed by atoms with Gasteiger partial charge in [0.15, 0.2) is 0 Å². The van der Waals surface area contributed by atoms with E-state index in [4.69, 9.17) is 0 Å². The molecule has 0 radical (unpaired) electrons. The Kier molecular flexibility index (Phi) is 4.12. The molecule has 1 aromatic heterocycles. The molecular formula is C19H28N2O. The fourth-order valence-corrected chi connectivity index (χ4v) is 2.69. The number of aryl methyl sites for hydroxylation is 1. The molecule has 2 rings (SSSR count). The lowest BCUT2D eigenvalue weighted by atomic mass is 9.78. The molecule has 1 aromatic carbocycles. The molecule has 0 atom stereocenters. The van der Waals surface area contributed by atoms with E-state index < -0.39 is 0 Å². The molecule has 3 nitrogen and oxygen atoms in total. The number of nitrogens with zero attached hydrogens (tertiary/aromatic N) is 2. The van der Waals surface area contributed by atoms with Crippen LogP contribution in [0.1, 0.15) is 64.1 Å². The second-order valence-corrected chi connectivity index (χ2v) is 8.17. The quantitative estimate of drug-likeness (QED) is 0.897. The molecule has 0 aliphatic rings. The third-order valence-corrected chi connectivity index (χ3v) is 4.07. The van der Waals surface area contributed by atoms with Gasteiger partial charge in [0.25, 0.3) is 0 Å². The topological polar surface area (TPSA) is 38.0 Å². The number of phenolic OH excluding ortho intramolecular Hbond substituents is 1. The van der Waals surface area contributed by atoms with E-state index in [0.717, 1.165) is 23.4 Å². The number of benzene rings is 1. The lowest BCUT2D eigenvalue weighted by molar-refractivity contribution is 0.422. The number of aromatic nitrogens is 2. The minimum Gasteiger partial charge on any atom is -0.507 e. The minimum atomic E-state index is -0.0955. The molecule has 0 bridgehead atoms. The summed E-state index contributed by atoms with van der Waals surface area (Å²) >= 11 is 0. The highest BCUT2D eigenvalue weighted by Crippen LogP contribution is 2.40. The molecule has 0 saturated heterocycles. The first kappa shape index (κ1) is 16.6. The first-order valence-corrected chi connectivity index (χ1v) is 7.83. The average molecular weight is 300 g/mol. The largest absolute Gasteiger partial charge is 0.507 e. The Morgan fingerprint density at radius 2 is 1.50 bits per heavy atom. The van der Waals surface area contributed by atoms with Crippen molar-refractivity contribution in [1.82, 2.24) is 9.55 Å². The summed E-state index contributed by atoms with van der Waals surface area (Å²) in [5, 5.41) is 10.7. The van der Waals surface area contributed by atoms with Gasteiger partial charge in [0.05, 0.1) is 0 Å². The second-order valence-electron chi connectivity index (χ2n) is 8.17. The van der Waals surface area contributed by atoms with Gasteiger partial charge in [-0.05, 0) is 27.5 Å². The van der Waals surface area contributed by atoms with E-state index in [1.807, 2.05) is 24.0 Å². The highest BCUT2D eigenvalue weighted by atomic mass is 16.3. The Bertz CT molecular complexity index is 634. The second kappa shape index (κ2) is 5.45. The lowest BCUT2D eigenvalue weighted by Gasteiger charge is -2.28. The normalized spacial score (nSPS) is 12.7. The van der Waals surface area contributed by atoms with Gasteiger partial charge in [0, 0.05) is 25.9 Å². The number of aromatic hydroxyl groups is 1. The molecule has 1 N–H and O–H groups in total. The van der Waals surface area contributed by atoms with Crippen LogP contribution < -0.4 is 0 Å². The van der Waals surface area contributed by atoms with Crippen molar-refractivity contribution < 1.29 is 5.11 Å². The van der Waals surface area contributed by atoms with Gasteiger partial charge < -0.3 is 9.67 Å². The molecule has 22 heavy (non-hydrogen) atoms. The zero-order chi connectivity index (χ0) is 16.7. The Hall–Kier alpha value is -1.77. The van der Waals surface area contributed by atoms with Crippen LogP contribution in [0.4, 0.5) is 0 Å². The number of hydrogen-bond acceptors (Lipinski definition) is 2. The van der Waals surface area contributed by atoms with Crippen LogP contribution >= 0.6 is 0 Å². The van der Waals surface area contributed by atoms with Crippen molar-refractivity contribution in [2.24, 2.45) is 7.05 Å². The van der Waals surface area contributed by atoms with E-state index in [2.05, 4.69) is 58.7 Å². The van der Waals surface area contributed by atoms with Gasteiger partial charge in [0.2, 0.25) is 0 Å². The maximum atomic E-state index is 10.7. The molecule has 0 aliphatic heterocycles. The lowest BCUT2D eigenvalue weighted by Crippen LogP contribution is -2.18. The van der Waals surface area contributed by atoms with Gasteiger partial charge >= 0.3 is 0 Å². The Morgan fingerprint density at radius 3 is 1.86 bits per heavy atom. The van der Waals surface area contributed by atoms with E-state index in [9.17, 15) is 5.11 Å². The summed E-state index contributed by atoms with van der Waals surface area (Å²) in [6, 6.07) is 4.25. The summed E-state index contributed by atoms with van der Waals surface area (Å²) in [6.45, 7) is 12.8. The van der Waals surface area contributed by atoms with Crippen LogP contribution in [0.2, 0.25) is 0 Å². The molecule has 0 fully saturated rings. The number of hydrogen-bond donors (Lipinski definition) is 1. The van der Waals surface area contributed by atoms with Crippen LogP contribution in [-0.2, 0) is 24.3 Å².